The number of allylic oxidation sites excluding steroid dienone is 2. The molecule has 4 nitrogen and oxygen atoms in total. The van der Waals surface area contributed by atoms with Crippen LogP contribution >= 0.6 is 0 Å². The number of hydrogen-bond acceptors (Lipinski definition) is 2. The predicted octanol–water partition coefficient (Wildman–Crippen LogP) is 1.47. The molecule has 0 unspecified atom stereocenters. The lowest BCUT2D eigenvalue weighted by Gasteiger charge is -2.32. The first-order valence-electron chi connectivity index (χ1n) is 5.32. The van der Waals surface area contributed by atoms with Gasteiger partial charge in [-0.25, -0.2) is 4.79 Å². The zero-order valence-electron chi connectivity index (χ0n) is 9.14. The molecular formula is C11H16N2O2. The lowest BCUT2D eigenvalue weighted by molar-refractivity contribution is -0.124. The number of imide groups is 1. The molecule has 1 saturated carbocycles. The topological polar surface area (TPSA) is 58.2 Å². The fraction of sp³-hybridized carbons (Fsp3) is 0.636. The molecule has 15 heavy (non-hydrogen) atoms. The second-order valence-electron chi connectivity index (χ2n) is 4.59. The summed E-state index contributed by atoms with van der Waals surface area (Å²) >= 11 is 0. The van der Waals surface area contributed by atoms with Crippen LogP contribution in [0, 0.1) is 0 Å². The van der Waals surface area contributed by atoms with Gasteiger partial charge in [-0.3, -0.25) is 10.1 Å². The Morgan fingerprint density at radius 1 is 1.20 bits per heavy atom. The summed E-state index contributed by atoms with van der Waals surface area (Å²) in [6.45, 7) is 4.20. The van der Waals surface area contributed by atoms with Crippen molar-refractivity contribution in [2.45, 2.75) is 45.1 Å². The second kappa shape index (κ2) is 3.36. The molecule has 4 heteroatoms. The minimum Gasteiger partial charge on any atom is -0.323 e. The zero-order chi connectivity index (χ0) is 11.1. The highest BCUT2D eigenvalue weighted by Crippen LogP contribution is 2.34. The van der Waals surface area contributed by atoms with Gasteiger partial charge >= 0.3 is 6.03 Å². The number of hydrogen-bond donors (Lipinski definition) is 2. The van der Waals surface area contributed by atoms with Crippen LogP contribution in [0.25, 0.3) is 0 Å². The molecule has 1 heterocycles. The maximum absolute atomic E-state index is 11.6. The smallest absolute Gasteiger partial charge is 0.322 e. The predicted molar refractivity (Wildman–Crippen MR) is 56.2 cm³/mol. The van der Waals surface area contributed by atoms with Crippen LogP contribution in [0.15, 0.2) is 11.1 Å². The van der Waals surface area contributed by atoms with E-state index in [0.29, 0.717) is 0 Å². The van der Waals surface area contributed by atoms with Gasteiger partial charge in [-0.2, -0.15) is 0 Å². The van der Waals surface area contributed by atoms with Gasteiger partial charge in [0.25, 0.3) is 5.91 Å². The van der Waals surface area contributed by atoms with Gasteiger partial charge in [0, 0.05) is 0 Å². The molecule has 0 aromatic rings. The molecule has 82 valence electrons. The normalized spacial score (nSPS) is 30.4. The lowest BCUT2D eigenvalue weighted by Crippen LogP contribution is -2.48. The molecule has 1 saturated heterocycles. The first-order chi connectivity index (χ1) is 7.03. The van der Waals surface area contributed by atoms with Crippen LogP contribution in [0.4, 0.5) is 4.79 Å². The van der Waals surface area contributed by atoms with Crippen molar-refractivity contribution < 1.29 is 9.59 Å². The van der Waals surface area contributed by atoms with E-state index >= 15 is 0 Å². The van der Waals surface area contributed by atoms with Crippen LogP contribution in [-0.2, 0) is 4.79 Å². The number of urea groups is 1. The van der Waals surface area contributed by atoms with Gasteiger partial charge < -0.3 is 5.32 Å². The first kappa shape index (κ1) is 10.2. The van der Waals surface area contributed by atoms with Gasteiger partial charge in [-0.05, 0) is 39.5 Å². The van der Waals surface area contributed by atoms with E-state index in [1.165, 1.54) is 11.1 Å². The van der Waals surface area contributed by atoms with Crippen molar-refractivity contribution in [1.82, 2.24) is 10.6 Å². The SMILES string of the molecule is CC(C)=C1CCC2(CC1)NC(=O)NC2=O. The highest BCUT2D eigenvalue weighted by atomic mass is 16.2. The van der Waals surface area contributed by atoms with Crippen LogP contribution in [0.5, 0.6) is 0 Å². The largest absolute Gasteiger partial charge is 0.323 e. The Labute approximate surface area is 89.1 Å². The molecule has 0 aromatic heterocycles. The van der Waals surface area contributed by atoms with Crippen molar-refractivity contribution in [1.29, 1.82) is 0 Å². The van der Waals surface area contributed by atoms with Gasteiger partial charge in [-0.15, -0.1) is 0 Å². The maximum Gasteiger partial charge on any atom is 0.322 e. The molecule has 0 aromatic carbocycles. The van der Waals surface area contributed by atoms with Crippen LogP contribution in [0.3, 0.4) is 0 Å². The third-order valence-electron chi connectivity index (χ3n) is 3.43. The summed E-state index contributed by atoms with van der Waals surface area (Å²) in [6, 6.07) is -0.347. The highest BCUT2D eigenvalue weighted by molar-refractivity contribution is 6.07. The van der Waals surface area contributed by atoms with Crippen LogP contribution in [0.1, 0.15) is 39.5 Å². The summed E-state index contributed by atoms with van der Waals surface area (Å²) in [4.78, 5) is 22.7. The summed E-state index contributed by atoms with van der Waals surface area (Å²) in [5.74, 6) is -0.152. The van der Waals surface area contributed by atoms with E-state index in [1.807, 2.05) is 0 Å². The number of nitrogens with one attached hydrogen (secondary N) is 2. The molecule has 0 radical (unpaired) electrons. The van der Waals surface area contributed by atoms with Gasteiger partial charge in [0.15, 0.2) is 0 Å². The Morgan fingerprint density at radius 3 is 2.20 bits per heavy atom. The highest BCUT2D eigenvalue weighted by Gasteiger charge is 2.47. The van der Waals surface area contributed by atoms with Gasteiger partial charge in [0.05, 0.1) is 0 Å². The summed E-state index contributed by atoms with van der Waals surface area (Å²) in [5.41, 5.74) is 2.15. The van der Waals surface area contributed by atoms with Gasteiger partial charge in [-0.1, -0.05) is 11.1 Å². The molecule has 0 bridgehead atoms. The zero-order valence-corrected chi connectivity index (χ0v) is 9.14. The monoisotopic (exact) mass is 208 g/mol. The molecule has 2 rings (SSSR count). The van der Waals surface area contributed by atoms with Crippen molar-refractivity contribution in [3.05, 3.63) is 11.1 Å². The summed E-state index contributed by atoms with van der Waals surface area (Å²) in [7, 11) is 0. The first-order valence-corrected chi connectivity index (χ1v) is 5.32. The average molecular weight is 208 g/mol. The maximum atomic E-state index is 11.6. The molecule has 2 aliphatic rings. The third-order valence-corrected chi connectivity index (χ3v) is 3.43. The second-order valence-corrected chi connectivity index (χ2v) is 4.59. The standard InChI is InChI=1S/C11H16N2O2/c1-7(2)8-3-5-11(6-4-8)9(14)12-10(15)13-11/h3-6H2,1-2H3,(H2,12,13,14,15). The Morgan fingerprint density at radius 2 is 1.80 bits per heavy atom. The number of carbonyl (C=O) groups excluding carboxylic acids is 2. The van der Waals surface area contributed by atoms with Crippen LogP contribution < -0.4 is 10.6 Å². The molecule has 1 aliphatic heterocycles. The fourth-order valence-electron chi connectivity index (χ4n) is 2.36. The third kappa shape index (κ3) is 1.64. The van der Waals surface area contributed by atoms with E-state index in [-0.39, 0.29) is 11.9 Å². The number of rotatable bonds is 0. The quantitative estimate of drug-likeness (QED) is 0.468. The Hall–Kier alpha value is -1.32. The van der Waals surface area contributed by atoms with Crippen molar-refractivity contribution in [2.75, 3.05) is 0 Å². The summed E-state index contributed by atoms with van der Waals surface area (Å²) in [6.07, 6.45) is 3.28. The number of carbonyl (C=O) groups is 2. The summed E-state index contributed by atoms with van der Waals surface area (Å²) < 4.78 is 0. The van der Waals surface area contributed by atoms with Gasteiger partial charge in [0.1, 0.15) is 5.54 Å². The van der Waals surface area contributed by atoms with Crippen molar-refractivity contribution in [3.63, 3.8) is 0 Å². The minimum absolute atomic E-state index is 0.152. The van der Waals surface area contributed by atoms with Crippen molar-refractivity contribution >= 4 is 11.9 Å². The fourth-order valence-corrected chi connectivity index (χ4v) is 2.36. The van der Waals surface area contributed by atoms with E-state index in [2.05, 4.69) is 24.5 Å². The lowest BCUT2D eigenvalue weighted by atomic mass is 9.78. The molecule has 0 atom stereocenters. The van der Waals surface area contributed by atoms with Gasteiger partial charge in [0.2, 0.25) is 0 Å². The average Bonchev–Trinajstić information content (AvgIpc) is 2.42. The van der Waals surface area contributed by atoms with E-state index in [0.717, 1.165) is 25.7 Å². The molecule has 2 fully saturated rings. The van der Waals surface area contributed by atoms with Crippen molar-refractivity contribution in [2.24, 2.45) is 0 Å². The van der Waals surface area contributed by atoms with E-state index in [1.54, 1.807) is 0 Å². The number of amides is 3. The van der Waals surface area contributed by atoms with Crippen LogP contribution in [-0.4, -0.2) is 17.5 Å². The van der Waals surface area contributed by atoms with Crippen LogP contribution in [0.2, 0.25) is 0 Å². The van der Waals surface area contributed by atoms with E-state index < -0.39 is 5.54 Å². The van der Waals surface area contributed by atoms with E-state index in [9.17, 15) is 9.59 Å². The molecule has 1 spiro atoms. The van der Waals surface area contributed by atoms with Crippen molar-refractivity contribution in [3.8, 4) is 0 Å². The Balaban J connectivity index is 2.13. The molecular weight excluding hydrogens is 192 g/mol. The minimum atomic E-state index is -0.615. The Bertz CT molecular complexity index is 344. The molecule has 3 amide bonds. The molecule has 2 N–H and O–H groups in total. The Kier molecular flexibility index (Phi) is 2.29. The van der Waals surface area contributed by atoms with E-state index in [4.69, 9.17) is 0 Å². The summed E-state index contributed by atoms with van der Waals surface area (Å²) in [5, 5.41) is 5.07. The molecule has 1 aliphatic carbocycles.